The average Bonchev–Trinajstić information content (AvgIpc) is 2.68. The quantitative estimate of drug-likeness (QED) is 0.695. The van der Waals surface area contributed by atoms with Crippen molar-refractivity contribution in [3.63, 3.8) is 0 Å². The summed E-state index contributed by atoms with van der Waals surface area (Å²) in [4.78, 5) is 15.8. The van der Waals surface area contributed by atoms with E-state index in [9.17, 15) is 0 Å². The normalized spacial score (nSPS) is 17.6. The maximum absolute atomic E-state index is 5.33. The molecule has 0 N–H and O–H groups in total. The SMILES string of the molecule is COc1ccc(CN2CCCC(N(C)c3ccnc(N(C)C)n3)C2)cc1Br. The van der Waals surface area contributed by atoms with Gasteiger partial charge in [-0.2, -0.15) is 4.98 Å². The molecule has 0 saturated carbocycles. The number of hydrogen-bond acceptors (Lipinski definition) is 6. The minimum absolute atomic E-state index is 0.449. The zero-order valence-electron chi connectivity index (χ0n) is 16.5. The highest BCUT2D eigenvalue weighted by Crippen LogP contribution is 2.27. The number of ether oxygens (including phenoxy) is 1. The van der Waals surface area contributed by atoms with E-state index in [-0.39, 0.29) is 0 Å². The number of rotatable bonds is 6. The van der Waals surface area contributed by atoms with Crippen LogP contribution >= 0.6 is 15.9 Å². The Morgan fingerprint density at radius 2 is 2.07 bits per heavy atom. The predicted molar refractivity (Wildman–Crippen MR) is 114 cm³/mol. The molecule has 1 aromatic carbocycles. The second-order valence-electron chi connectivity index (χ2n) is 7.22. The Kier molecular flexibility index (Phi) is 6.55. The Balaban J connectivity index is 1.66. The molecule has 7 heteroatoms. The second kappa shape index (κ2) is 8.89. The van der Waals surface area contributed by atoms with Crippen LogP contribution in [0.1, 0.15) is 18.4 Å². The van der Waals surface area contributed by atoms with Crippen LogP contribution in [0.5, 0.6) is 5.75 Å². The average molecular weight is 434 g/mol. The fourth-order valence-electron chi connectivity index (χ4n) is 3.50. The van der Waals surface area contributed by atoms with Crippen LogP contribution in [0, 0.1) is 0 Å². The Morgan fingerprint density at radius 3 is 2.78 bits per heavy atom. The van der Waals surface area contributed by atoms with Crippen LogP contribution in [-0.4, -0.2) is 62.3 Å². The summed E-state index contributed by atoms with van der Waals surface area (Å²) in [7, 11) is 7.77. The van der Waals surface area contributed by atoms with Crippen LogP contribution < -0.4 is 14.5 Å². The topological polar surface area (TPSA) is 44.7 Å². The van der Waals surface area contributed by atoms with Crippen molar-refractivity contribution in [2.45, 2.75) is 25.4 Å². The molecule has 1 aliphatic rings. The van der Waals surface area contributed by atoms with E-state index < -0.39 is 0 Å². The van der Waals surface area contributed by atoms with E-state index in [1.54, 1.807) is 7.11 Å². The fourth-order valence-corrected chi connectivity index (χ4v) is 4.08. The van der Waals surface area contributed by atoms with E-state index in [0.29, 0.717) is 6.04 Å². The lowest BCUT2D eigenvalue weighted by molar-refractivity contribution is 0.198. The standard InChI is InChI=1S/C20H28BrN5O/c1-24(2)20-22-10-9-19(23-20)25(3)16-6-5-11-26(14-16)13-15-7-8-18(27-4)17(21)12-15/h7-10,12,16H,5-6,11,13-14H2,1-4H3. The van der Waals surface area contributed by atoms with Crippen LogP contribution in [0.3, 0.4) is 0 Å². The predicted octanol–water partition coefficient (Wildman–Crippen LogP) is 3.41. The van der Waals surface area contributed by atoms with Gasteiger partial charge in [-0.05, 0) is 59.1 Å². The van der Waals surface area contributed by atoms with Gasteiger partial charge in [-0.15, -0.1) is 0 Å². The first kappa shape index (κ1) is 19.9. The van der Waals surface area contributed by atoms with Crippen molar-refractivity contribution >= 4 is 27.7 Å². The molecule has 1 atom stereocenters. The molecule has 0 amide bonds. The van der Waals surface area contributed by atoms with Gasteiger partial charge < -0.3 is 14.5 Å². The first-order valence-electron chi connectivity index (χ1n) is 9.26. The molecule has 27 heavy (non-hydrogen) atoms. The Hall–Kier alpha value is -1.86. The number of anilines is 2. The van der Waals surface area contributed by atoms with Gasteiger partial charge in [-0.25, -0.2) is 4.98 Å². The lowest BCUT2D eigenvalue weighted by atomic mass is 10.0. The number of nitrogens with zero attached hydrogens (tertiary/aromatic N) is 5. The summed E-state index contributed by atoms with van der Waals surface area (Å²) in [5.41, 5.74) is 1.29. The van der Waals surface area contributed by atoms with Gasteiger partial charge in [0, 0.05) is 46.5 Å². The van der Waals surface area contributed by atoms with Gasteiger partial charge in [0.15, 0.2) is 0 Å². The number of methoxy groups -OCH3 is 1. The lowest BCUT2D eigenvalue weighted by Gasteiger charge is -2.38. The third kappa shape index (κ3) is 4.90. The zero-order valence-corrected chi connectivity index (χ0v) is 18.1. The molecule has 3 rings (SSSR count). The van der Waals surface area contributed by atoms with E-state index in [1.165, 1.54) is 18.4 Å². The van der Waals surface area contributed by atoms with Crippen molar-refractivity contribution in [2.24, 2.45) is 0 Å². The molecule has 6 nitrogen and oxygen atoms in total. The smallest absolute Gasteiger partial charge is 0.226 e. The van der Waals surface area contributed by atoms with Crippen molar-refractivity contribution in [3.8, 4) is 5.75 Å². The monoisotopic (exact) mass is 433 g/mol. The third-order valence-corrected chi connectivity index (χ3v) is 5.66. The first-order chi connectivity index (χ1) is 13.0. The molecule has 2 heterocycles. The van der Waals surface area contributed by atoms with E-state index in [4.69, 9.17) is 4.74 Å². The molecule has 1 aliphatic heterocycles. The first-order valence-corrected chi connectivity index (χ1v) is 10.0. The van der Waals surface area contributed by atoms with Crippen LogP contribution in [-0.2, 0) is 6.54 Å². The Bertz CT molecular complexity index is 770. The van der Waals surface area contributed by atoms with Gasteiger partial charge in [0.2, 0.25) is 5.95 Å². The molecule has 1 aromatic heterocycles. The molecule has 1 saturated heterocycles. The van der Waals surface area contributed by atoms with Gasteiger partial charge in [-0.3, -0.25) is 4.90 Å². The van der Waals surface area contributed by atoms with Crippen LogP contribution in [0.4, 0.5) is 11.8 Å². The number of benzene rings is 1. The van der Waals surface area contributed by atoms with Crippen molar-refractivity contribution < 1.29 is 4.74 Å². The van der Waals surface area contributed by atoms with Crippen molar-refractivity contribution in [3.05, 3.63) is 40.5 Å². The number of hydrogen-bond donors (Lipinski definition) is 0. The highest BCUT2D eigenvalue weighted by Gasteiger charge is 2.24. The molecule has 0 spiro atoms. The van der Waals surface area contributed by atoms with Crippen molar-refractivity contribution in [1.82, 2.24) is 14.9 Å². The van der Waals surface area contributed by atoms with Gasteiger partial charge in [0.05, 0.1) is 11.6 Å². The van der Waals surface area contributed by atoms with Gasteiger partial charge >= 0.3 is 0 Å². The van der Waals surface area contributed by atoms with Crippen LogP contribution in [0.2, 0.25) is 0 Å². The lowest BCUT2D eigenvalue weighted by Crippen LogP contribution is -2.46. The summed E-state index contributed by atoms with van der Waals surface area (Å²) < 4.78 is 6.34. The molecule has 1 unspecified atom stereocenters. The molecule has 2 aromatic rings. The van der Waals surface area contributed by atoms with Crippen molar-refractivity contribution in [2.75, 3.05) is 51.1 Å². The molecule has 146 valence electrons. The third-order valence-electron chi connectivity index (χ3n) is 5.04. The summed E-state index contributed by atoms with van der Waals surface area (Å²) >= 11 is 3.59. The highest BCUT2D eigenvalue weighted by atomic mass is 79.9. The highest BCUT2D eigenvalue weighted by molar-refractivity contribution is 9.10. The molecule has 0 aliphatic carbocycles. The number of likely N-dealkylation sites (N-methyl/N-ethyl adjacent to an activating group) is 1. The molecule has 0 bridgehead atoms. The fraction of sp³-hybridized carbons (Fsp3) is 0.500. The molecule has 1 fully saturated rings. The summed E-state index contributed by atoms with van der Waals surface area (Å²) in [6, 6.07) is 8.76. The summed E-state index contributed by atoms with van der Waals surface area (Å²) in [6.07, 6.45) is 4.21. The second-order valence-corrected chi connectivity index (χ2v) is 8.07. The summed E-state index contributed by atoms with van der Waals surface area (Å²) in [5, 5.41) is 0. The Labute approximate surface area is 170 Å². The molecule has 0 radical (unpaired) electrons. The van der Waals surface area contributed by atoms with E-state index >= 15 is 0 Å². The zero-order chi connectivity index (χ0) is 19.4. The Morgan fingerprint density at radius 1 is 1.26 bits per heavy atom. The number of halogens is 1. The maximum atomic E-state index is 5.33. The van der Waals surface area contributed by atoms with E-state index in [1.807, 2.05) is 37.3 Å². The molecular formula is C20H28BrN5O. The van der Waals surface area contributed by atoms with Crippen LogP contribution in [0.25, 0.3) is 0 Å². The maximum Gasteiger partial charge on any atom is 0.226 e. The van der Waals surface area contributed by atoms with Crippen LogP contribution in [0.15, 0.2) is 34.9 Å². The van der Waals surface area contributed by atoms with Gasteiger partial charge in [0.25, 0.3) is 0 Å². The summed E-state index contributed by atoms with van der Waals surface area (Å²) in [5.74, 6) is 2.60. The van der Waals surface area contributed by atoms with Crippen molar-refractivity contribution in [1.29, 1.82) is 0 Å². The number of aromatic nitrogens is 2. The number of likely N-dealkylation sites (tertiary alicyclic amines) is 1. The minimum atomic E-state index is 0.449. The van der Waals surface area contributed by atoms with Gasteiger partial charge in [0.1, 0.15) is 11.6 Å². The largest absolute Gasteiger partial charge is 0.496 e. The summed E-state index contributed by atoms with van der Waals surface area (Å²) in [6.45, 7) is 3.10. The van der Waals surface area contributed by atoms with E-state index in [0.717, 1.165) is 41.6 Å². The van der Waals surface area contributed by atoms with E-state index in [2.05, 4.69) is 54.9 Å². The molecular weight excluding hydrogens is 406 g/mol. The minimum Gasteiger partial charge on any atom is -0.496 e. The van der Waals surface area contributed by atoms with Gasteiger partial charge in [-0.1, -0.05) is 6.07 Å². The number of piperidine rings is 1.